The van der Waals surface area contributed by atoms with Gasteiger partial charge in [0, 0.05) is 13.3 Å². The van der Waals surface area contributed by atoms with Crippen LogP contribution in [0.4, 0.5) is 0 Å². The molecule has 1 unspecified atom stereocenters. The van der Waals surface area contributed by atoms with Gasteiger partial charge in [0.25, 0.3) is 0 Å². The predicted octanol–water partition coefficient (Wildman–Crippen LogP) is 2.27. The maximum absolute atomic E-state index is 10.8. The van der Waals surface area contributed by atoms with Crippen LogP contribution >= 0.6 is 0 Å². The van der Waals surface area contributed by atoms with Crippen molar-refractivity contribution in [3.05, 3.63) is 11.6 Å². The van der Waals surface area contributed by atoms with Crippen molar-refractivity contribution in [3.8, 4) is 11.5 Å². The Balaban J connectivity index is 2.67. The highest BCUT2D eigenvalue weighted by atomic mass is 28.3. The number of allylic oxidation sites excluding steroid dienone is 1. The summed E-state index contributed by atoms with van der Waals surface area (Å²) < 4.78 is 4.96. The Morgan fingerprint density at radius 1 is 1.56 bits per heavy atom. The van der Waals surface area contributed by atoms with Gasteiger partial charge < -0.3 is 9.84 Å². The Morgan fingerprint density at radius 2 is 2.22 bits per heavy atom. The van der Waals surface area contributed by atoms with Crippen LogP contribution in [0.25, 0.3) is 0 Å². The second-order valence-electron chi connectivity index (χ2n) is 5.89. The van der Waals surface area contributed by atoms with Gasteiger partial charge in [-0.05, 0) is 18.4 Å². The summed E-state index contributed by atoms with van der Waals surface area (Å²) in [5.74, 6) is 2.75. The summed E-state index contributed by atoms with van der Waals surface area (Å²) in [7, 11) is -1.47. The number of carbonyl (C=O) groups excluding carboxylic acids is 1. The molecule has 0 amide bonds. The van der Waals surface area contributed by atoms with Crippen LogP contribution in [-0.2, 0) is 9.53 Å². The minimum Gasteiger partial charge on any atom is -0.461 e. The minimum atomic E-state index is -1.47. The van der Waals surface area contributed by atoms with E-state index in [-0.39, 0.29) is 12.6 Å². The SMILES string of the molecule is CC(=O)OCC1=CCCC(O)(C#C[Si](C)(C)C)C1. The van der Waals surface area contributed by atoms with Gasteiger partial charge in [-0.15, -0.1) is 5.54 Å². The molecule has 4 heteroatoms. The van der Waals surface area contributed by atoms with E-state index in [9.17, 15) is 9.90 Å². The van der Waals surface area contributed by atoms with Crippen LogP contribution in [0, 0.1) is 11.5 Å². The third-order valence-corrected chi connectivity index (χ3v) is 3.52. The molecule has 1 rings (SSSR count). The Morgan fingerprint density at radius 3 is 2.78 bits per heavy atom. The van der Waals surface area contributed by atoms with Gasteiger partial charge in [-0.2, -0.15) is 0 Å². The molecule has 0 aromatic rings. The van der Waals surface area contributed by atoms with Crippen molar-refractivity contribution in [3.63, 3.8) is 0 Å². The second kappa shape index (κ2) is 5.72. The van der Waals surface area contributed by atoms with Crippen LogP contribution in [0.1, 0.15) is 26.2 Å². The summed E-state index contributed by atoms with van der Waals surface area (Å²) >= 11 is 0. The van der Waals surface area contributed by atoms with Gasteiger partial charge in [0.05, 0.1) is 0 Å². The van der Waals surface area contributed by atoms with Gasteiger partial charge in [-0.3, -0.25) is 4.79 Å². The monoisotopic (exact) mass is 266 g/mol. The topological polar surface area (TPSA) is 46.5 Å². The van der Waals surface area contributed by atoms with E-state index in [1.807, 2.05) is 6.08 Å². The third-order valence-electron chi connectivity index (χ3n) is 2.64. The van der Waals surface area contributed by atoms with Gasteiger partial charge in [-0.1, -0.05) is 31.6 Å². The second-order valence-corrected chi connectivity index (χ2v) is 10.6. The molecule has 1 N–H and O–H groups in total. The molecular weight excluding hydrogens is 244 g/mol. The lowest BCUT2D eigenvalue weighted by Gasteiger charge is -2.27. The number of esters is 1. The van der Waals surface area contributed by atoms with Gasteiger partial charge in [0.2, 0.25) is 0 Å². The van der Waals surface area contributed by atoms with Crippen LogP contribution in [0.5, 0.6) is 0 Å². The molecule has 0 heterocycles. The van der Waals surface area contributed by atoms with Crippen LogP contribution in [0.2, 0.25) is 19.6 Å². The van der Waals surface area contributed by atoms with E-state index in [1.165, 1.54) is 6.92 Å². The molecule has 0 spiro atoms. The molecule has 0 saturated heterocycles. The average molecular weight is 266 g/mol. The molecule has 0 saturated carbocycles. The van der Waals surface area contributed by atoms with Gasteiger partial charge >= 0.3 is 5.97 Å². The minimum absolute atomic E-state index is 0.270. The van der Waals surface area contributed by atoms with Crippen LogP contribution in [0.3, 0.4) is 0 Å². The van der Waals surface area contributed by atoms with Crippen molar-refractivity contribution in [1.29, 1.82) is 0 Å². The lowest BCUT2D eigenvalue weighted by molar-refractivity contribution is -0.140. The van der Waals surface area contributed by atoms with E-state index in [0.717, 1.165) is 12.0 Å². The highest BCUT2D eigenvalue weighted by Crippen LogP contribution is 2.28. The van der Waals surface area contributed by atoms with E-state index < -0.39 is 13.7 Å². The zero-order valence-corrected chi connectivity index (χ0v) is 12.7. The molecule has 0 radical (unpaired) electrons. The molecule has 0 bridgehead atoms. The number of hydrogen-bond donors (Lipinski definition) is 1. The van der Waals surface area contributed by atoms with Crippen molar-refractivity contribution in [2.75, 3.05) is 6.61 Å². The van der Waals surface area contributed by atoms with Gasteiger partial charge in [0.15, 0.2) is 0 Å². The average Bonchev–Trinajstić information content (AvgIpc) is 2.23. The number of rotatable bonds is 2. The third kappa shape index (κ3) is 5.52. The molecule has 1 aliphatic rings. The van der Waals surface area contributed by atoms with Crippen molar-refractivity contribution in [2.24, 2.45) is 0 Å². The van der Waals surface area contributed by atoms with Crippen molar-refractivity contribution in [1.82, 2.24) is 0 Å². The molecular formula is C14H22O3Si. The van der Waals surface area contributed by atoms with Crippen LogP contribution < -0.4 is 0 Å². The summed E-state index contributed by atoms with van der Waals surface area (Å²) in [6.45, 7) is 8.12. The van der Waals surface area contributed by atoms with Crippen molar-refractivity contribution < 1.29 is 14.6 Å². The first-order valence-corrected chi connectivity index (χ1v) is 9.78. The van der Waals surface area contributed by atoms with E-state index in [1.54, 1.807) is 0 Å². The first-order valence-electron chi connectivity index (χ1n) is 6.28. The fourth-order valence-electron chi connectivity index (χ4n) is 1.77. The number of hydrogen-bond acceptors (Lipinski definition) is 3. The van der Waals surface area contributed by atoms with E-state index in [0.29, 0.717) is 12.8 Å². The zero-order chi connectivity index (χ0) is 13.8. The fraction of sp³-hybridized carbons (Fsp3) is 0.643. The summed E-state index contributed by atoms with van der Waals surface area (Å²) in [5.41, 5.74) is 3.24. The normalized spacial score (nSPS) is 23.7. The first kappa shape index (κ1) is 15.0. The van der Waals surface area contributed by atoms with Gasteiger partial charge in [0.1, 0.15) is 20.3 Å². The standard InChI is InChI=1S/C14H22O3Si/c1-12(15)17-11-13-6-5-7-14(16,10-13)8-9-18(2,3)4/h6,16H,5,7,10-11H2,1-4H3. The molecule has 1 aliphatic carbocycles. The highest BCUT2D eigenvalue weighted by Gasteiger charge is 2.29. The molecule has 3 nitrogen and oxygen atoms in total. The Kier molecular flexibility index (Phi) is 4.77. The Hall–Kier alpha value is -1.05. The highest BCUT2D eigenvalue weighted by molar-refractivity contribution is 6.83. The smallest absolute Gasteiger partial charge is 0.302 e. The maximum Gasteiger partial charge on any atom is 0.302 e. The van der Waals surface area contributed by atoms with Crippen LogP contribution in [0.15, 0.2) is 11.6 Å². The number of ether oxygens (including phenoxy) is 1. The van der Waals surface area contributed by atoms with Crippen molar-refractivity contribution >= 4 is 14.0 Å². The summed E-state index contributed by atoms with van der Waals surface area (Å²) in [6, 6.07) is 0. The molecule has 1 atom stereocenters. The predicted molar refractivity (Wildman–Crippen MR) is 74.6 cm³/mol. The molecule has 18 heavy (non-hydrogen) atoms. The fourth-order valence-corrected chi connectivity index (χ4v) is 2.37. The quantitative estimate of drug-likeness (QED) is 0.361. The molecule has 0 fully saturated rings. The lowest BCUT2D eigenvalue weighted by Crippen LogP contribution is -2.32. The summed E-state index contributed by atoms with van der Waals surface area (Å²) in [5, 5.41) is 10.4. The lowest BCUT2D eigenvalue weighted by atomic mass is 9.85. The van der Waals surface area contributed by atoms with Crippen LogP contribution in [-0.4, -0.2) is 31.4 Å². The Bertz CT molecular complexity index is 409. The number of aliphatic hydroxyl groups is 1. The van der Waals surface area contributed by atoms with E-state index in [2.05, 4.69) is 31.1 Å². The van der Waals surface area contributed by atoms with Crippen molar-refractivity contribution in [2.45, 2.75) is 51.4 Å². The number of carbonyl (C=O) groups is 1. The largest absolute Gasteiger partial charge is 0.461 e. The van der Waals surface area contributed by atoms with E-state index in [4.69, 9.17) is 4.74 Å². The first-order chi connectivity index (χ1) is 8.20. The van der Waals surface area contributed by atoms with E-state index >= 15 is 0 Å². The molecule has 0 aromatic heterocycles. The molecule has 0 aromatic carbocycles. The zero-order valence-electron chi connectivity index (χ0n) is 11.7. The Labute approximate surface area is 110 Å². The maximum atomic E-state index is 10.8. The summed E-state index contributed by atoms with van der Waals surface area (Å²) in [4.78, 5) is 10.8. The van der Waals surface area contributed by atoms with Gasteiger partial charge in [-0.25, -0.2) is 0 Å². The molecule has 100 valence electrons. The summed E-state index contributed by atoms with van der Waals surface area (Å²) in [6.07, 6.45) is 3.97. The molecule has 0 aliphatic heterocycles.